The van der Waals surface area contributed by atoms with Gasteiger partial charge in [0.1, 0.15) is 13.2 Å². The van der Waals surface area contributed by atoms with Gasteiger partial charge in [0.15, 0.2) is 6.10 Å². The first-order chi connectivity index (χ1) is 31.0. The van der Waals surface area contributed by atoms with Crippen LogP contribution in [-0.4, -0.2) is 37.2 Å². The molecule has 0 aromatic rings. The average Bonchev–Trinajstić information content (AvgIpc) is 3.28. The van der Waals surface area contributed by atoms with Gasteiger partial charge in [-0.2, -0.15) is 0 Å². The summed E-state index contributed by atoms with van der Waals surface area (Å²) in [7, 11) is 0. The molecule has 0 aromatic carbocycles. The second kappa shape index (κ2) is 51.5. The number of carbonyl (C=O) groups is 3. The molecule has 0 saturated carbocycles. The minimum atomic E-state index is -0.805. The highest BCUT2D eigenvalue weighted by Gasteiger charge is 2.19. The molecule has 0 N–H and O–H groups in total. The van der Waals surface area contributed by atoms with Gasteiger partial charge in [0, 0.05) is 19.3 Å². The third kappa shape index (κ3) is 49.7. The molecule has 0 radical (unpaired) electrons. The molecule has 0 amide bonds. The Kier molecular flexibility index (Phi) is 48.9. The van der Waals surface area contributed by atoms with Crippen molar-refractivity contribution < 1.29 is 28.6 Å². The lowest BCUT2D eigenvalue weighted by Crippen LogP contribution is -2.30. The summed E-state index contributed by atoms with van der Waals surface area (Å²) in [5.74, 6) is -0.989. The van der Waals surface area contributed by atoms with Crippen molar-refractivity contribution in [1.29, 1.82) is 0 Å². The monoisotopic (exact) mass is 879 g/mol. The molecule has 0 heterocycles. The van der Waals surface area contributed by atoms with E-state index in [9.17, 15) is 14.4 Å². The average molecular weight is 879 g/mol. The Morgan fingerprint density at radius 3 is 1.14 bits per heavy atom. The third-order valence-electron chi connectivity index (χ3n) is 11.3. The number of unbranched alkanes of at least 4 members (excludes halogenated alkanes) is 27. The molecule has 0 aliphatic rings. The number of hydrogen-bond donors (Lipinski definition) is 0. The lowest BCUT2D eigenvalue weighted by Gasteiger charge is -2.18. The number of hydrogen-bond acceptors (Lipinski definition) is 6. The molecule has 1 unspecified atom stereocenters. The molecule has 0 rings (SSSR count). The third-order valence-corrected chi connectivity index (χ3v) is 11.3. The molecule has 6 heteroatoms. The van der Waals surface area contributed by atoms with Crippen molar-refractivity contribution in [1.82, 2.24) is 0 Å². The lowest BCUT2D eigenvalue weighted by atomic mass is 10.0. The van der Waals surface area contributed by atoms with E-state index < -0.39 is 6.10 Å². The number of esters is 3. The summed E-state index contributed by atoms with van der Waals surface area (Å²) < 4.78 is 16.7. The molecule has 63 heavy (non-hydrogen) atoms. The SMILES string of the molecule is CCCCC/C=C/C=C/C=C/C=C/CCCCCCCC(=O)OCC(COC(=O)CC/C=C/C/C=C/CCCCCCCC)OC(=O)CCCCCCCCCCCCCCCC. The van der Waals surface area contributed by atoms with Gasteiger partial charge in [0.25, 0.3) is 0 Å². The number of allylic oxidation sites excluding steroid dienone is 12. The molecular weight excluding hydrogens is 781 g/mol. The van der Waals surface area contributed by atoms with Crippen molar-refractivity contribution in [2.75, 3.05) is 13.2 Å². The van der Waals surface area contributed by atoms with Gasteiger partial charge < -0.3 is 14.2 Å². The Morgan fingerprint density at radius 1 is 0.333 bits per heavy atom. The largest absolute Gasteiger partial charge is 0.462 e. The van der Waals surface area contributed by atoms with Crippen molar-refractivity contribution in [3.8, 4) is 0 Å². The zero-order valence-electron chi connectivity index (χ0n) is 41.3. The zero-order chi connectivity index (χ0) is 45.8. The van der Waals surface area contributed by atoms with Gasteiger partial charge in [-0.25, -0.2) is 0 Å². The summed E-state index contributed by atoms with van der Waals surface area (Å²) in [4.78, 5) is 38.0. The fourth-order valence-corrected chi connectivity index (χ4v) is 7.27. The second-order valence-corrected chi connectivity index (χ2v) is 17.5. The molecule has 362 valence electrons. The van der Waals surface area contributed by atoms with E-state index in [1.165, 1.54) is 128 Å². The van der Waals surface area contributed by atoms with E-state index in [4.69, 9.17) is 14.2 Å². The highest BCUT2D eigenvalue weighted by atomic mass is 16.6. The highest BCUT2D eigenvalue weighted by molar-refractivity contribution is 5.71. The van der Waals surface area contributed by atoms with Crippen molar-refractivity contribution in [3.05, 3.63) is 72.9 Å². The molecule has 0 aliphatic carbocycles. The van der Waals surface area contributed by atoms with Gasteiger partial charge in [0.05, 0.1) is 0 Å². The van der Waals surface area contributed by atoms with Gasteiger partial charge in [0.2, 0.25) is 0 Å². The first kappa shape index (κ1) is 59.9. The van der Waals surface area contributed by atoms with Crippen LogP contribution in [-0.2, 0) is 28.6 Å². The molecule has 0 bridgehead atoms. The maximum Gasteiger partial charge on any atom is 0.306 e. The first-order valence-electron chi connectivity index (χ1n) is 26.5. The topological polar surface area (TPSA) is 78.9 Å². The lowest BCUT2D eigenvalue weighted by molar-refractivity contribution is -0.166. The van der Waals surface area contributed by atoms with Gasteiger partial charge >= 0.3 is 17.9 Å². The Bertz CT molecular complexity index is 1190. The zero-order valence-corrected chi connectivity index (χ0v) is 41.3. The summed E-state index contributed by atoms with van der Waals surface area (Å²) in [6.45, 7) is 6.53. The summed E-state index contributed by atoms with van der Waals surface area (Å²) in [5, 5.41) is 0. The van der Waals surface area contributed by atoms with Crippen molar-refractivity contribution in [3.63, 3.8) is 0 Å². The fraction of sp³-hybridized carbons (Fsp3) is 0.737. The molecule has 0 aliphatic heterocycles. The minimum absolute atomic E-state index is 0.103. The quantitative estimate of drug-likeness (QED) is 0.0199. The van der Waals surface area contributed by atoms with Crippen LogP contribution in [0.1, 0.15) is 252 Å². The molecule has 0 saturated heterocycles. The Hall–Kier alpha value is -3.15. The van der Waals surface area contributed by atoms with Crippen LogP contribution in [0.2, 0.25) is 0 Å². The second-order valence-electron chi connectivity index (χ2n) is 17.5. The van der Waals surface area contributed by atoms with E-state index in [0.717, 1.165) is 77.0 Å². The van der Waals surface area contributed by atoms with Gasteiger partial charge in [-0.05, 0) is 64.2 Å². The predicted molar refractivity (Wildman–Crippen MR) is 270 cm³/mol. The van der Waals surface area contributed by atoms with E-state index in [0.29, 0.717) is 19.3 Å². The minimum Gasteiger partial charge on any atom is -0.462 e. The van der Waals surface area contributed by atoms with Gasteiger partial charge in [-0.1, -0.05) is 241 Å². The van der Waals surface area contributed by atoms with E-state index in [2.05, 4.69) is 87.6 Å². The Labute approximate surface area is 389 Å². The van der Waals surface area contributed by atoms with Gasteiger partial charge in [-0.15, -0.1) is 0 Å². The van der Waals surface area contributed by atoms with E-state index >= 15 is 0 Å². The maximum absolute atomic E-state index is 12.8. The summed E-state index contributed by atoms with van der Waals surface area (Å²) in [5.41, 5.74) is 0. The van der Waals surface area contributed by atoms with Gasteiger partial charge in [-0.3, -0.25) is 14.4 Å². The van der Waals surface area contributed by atoms with E-state index in [1.54, 1.807) is 0 Å². The van der Waals surface area contributed by atoms with Crippen LogP contribution in [0.25, 0.3) is 0 Å². The van der Waals surface area contributed by atoms with Crippen LogP contribution in [0, 0.1) is 0 Å². The van der Waals surface area contributed by atoms with E-state index in [1.807, 2.05) is 6.08 Å². The van der Waals surface area contributed by atoms with Crippen molar-refractivity contribution >= 4 is 17.9 Å². The summed E-state index contributed by atoms with van der Waals surface area (Å²) in [6, 6.07) is 0. The molecular formula is C57H98O6. The van der Waals surface area contributed by atoms with Crippen LogP contribution < -0.4 is 0 Å². The smallest absolute Gasteiger partial charge is 0.306 e. The molecule has 0 spiro atoms. The number of rotatable bonds is 47. The van der Waals surface area contributed by atoms with Crippen LogP contribution in [0.5, 0.6) is 0 Å². The predicted octanol–water partition coefficient (Wildman–Crippen LogP) is 17.4. The molecule has 6 nitrogen and oxygen atoms in total. The van der Waals surface area contributed by atoms with E-state index in [-0.39, 0.29) is 37.5 Å². The van der Waals surface area contributed by atoms with Crippen molar-refractivity contribution in [2.24, 2.45) is 0 Å². The number of ether oxygens (including phenoxy) is 3. The normalized spacial score (nSPS) is 12.6. The highest BCUT2D eigenvalue weighted by Crippen LogP contribution is 2.15. The van der Waals surface area contributed by atoms with Crippen molar-refractivity contribution in [2.45, 2.75) is 258 Å². The molecule has 0 fully saturated rings. The molecule has 0 aromatic heterocycles. The summed E-state index contributed by atoms with van der Waals surface area (Å²) in [6.07, 6.45) is 64.6. The van der Waals surface area contributed by atoms with Crippen LogP contribution in [0.4, 0.5) is 0 Å². The fourth-order valence-electron chi connectivity index (χ4n) is 7.27. The first-order valence-corrected chi connectivity index (χ1v) is 26.5. The number of carbonyl (C=O) groups excluding carboxylic acids is 3. The maximum atomic E-state index is 12.8. The van der Waals surface area contributed by atoms with Crippen LogP contribution in [0.3, 0.4) is 0 Å². The van der Waals surface area contributed by atoms with Crippen LogP contribution in [0.15, 0.2) is 72.9 Å². The standard InChI is InChI=1S/C57H98O6/c1-4-7-10-13-16-19-22-25-27-28-29-30-33-35-38-41-44-47-50-56(59)62-53-54(52-61-55(58)49-46-43-40-37-34-31-24-21-18-15-12-9-6-3)63-57(60)51-48-45-42-39-36-32-26-23-20-17-14-11-8-5-2/h16,19,22,25,27-31,34,40,43,54H,4-15,17-18,20-21,23-24,26,32-33,35-39,41-42,44-53H2,1-3H3/b19-16+,25-22+,28-27+,30-29+,34-31+,43-40+. The Balaban J connectivity index is 4.47. The summed E-state index contributed by atoms with van der Waals surface area (Å²) >= 11 is 0. The Morgan fingerprint density at radius 2 is 0.667 bits per heavy atom. The molecule has 1 atom stereocenters. The van der Waals surface area contributed by atoms with Crippen LogP contribution >= 0.6 is 0 Å².